The summed E-state index contributed by atoms with van der Waals surface area (Å²) < 4.78 is 26.4. The quantitative estimate of drug-likeness (QED) is 0.531. The Hall–Kier alpha value is -3.44. The average Bonchev–Trinajstić information content (AvgIpc) is 2.79. The molecule has 0 radical (unpaired) electrons. The Bertz CT molecular complexity index is 1230. The van der Waals surface area contributed by atoms with E-state index in [-0.39, 0.29) is 17.6 Å². The molecule has 0 aliphatic carbocycles. The maximum atomic E-state index is 13.2. The number of amides is 1. The molecule has 11 heteroatoms. The van der Waals surface area contributed by atoms with E-state index in [0.717, 1.165) is 11.3 Å². The van der Waals surface area contributed by atoms with Crippen molar-refractivity contribution in [2.75, 3.05) is 31.6 Å². The van der Waals surface area contributed by atoms with Crippen LogP contribution in [0.5, 0.6) is 0 Å². The Morgan fingerprint density at radius 3 is 2.73 bits per heavy atom. The van der Waals surface area contributed by atoms with Crippen LogP contribution in [0.1, 0.15) is 33.6 Å². The molecule has 0 unspecified atom stereocenters. The predicted octanol–water partition coefficient (Wildman–Crippen LogP) is 1.53. The van der Waals surface area contributed by atoms with Crippen LogP contribution >= 0.6 is 0 Å². The fourth-order valence-electron chi connectivity index (χ4n) is 4.09. The maximum absolute atomic E-state index is 13.2. The van der Waals surface area contributed by atoms with E-state index in [9.17, 15) is 18.4 Å². The van der Waals surface area contributed by atoms with Gasteiger partial charge in [-0.1, -0.05) is 0 Å². The number of carbonyl (C=O) groups is 1. The Balaban J connectivity index is 1.46. The SMILES string of the molecule is CNC(=O)c1ccc(N2CCN(Cc3cnc4c(C)c(C(F)F)c(=O)[nH]c4c3)[C@H](N)C2)cn1. The number of hydrogen-bond acceptors (Lipinski definition) is 7. The summed E-state index contributed by atoms with van der Waals surface area (Å²) >= 11 is 0. The summed E-state index contributed by atoms with van der Waals surface area (Å²) in [5.41, 5.74) is 8.09. The fourth-order valence-corrected chi connectivity index (χ4v) is 4.09. The molecule has 1 fully saturated rings. The molecule has 3 aromatic rings. The summed E-state index contributed by atoms with van der Waals surface area (Å²) in [5.74, 6) is -0.242. The van der Waals surface area contributed by atoms with Crippen LogP contribution < -0.4 is 21.5 Å². The van der Waals surface area contributed by atoms with Crippen LogP contribution in [0.4, 0.5) is 14.5 Å². The maximum Gasteiger partial charge on any atom is 0.269 e. The summed E-state index contributed by atoms with van der Waals surface area (Å²) in [5, 5.41) is 2.54. The lowest BCUT2D eigenvalue weighted by molar-refractivity contribution is 0.0958. The highest BCUT2D eigenvalue weighted by molar-refractivity contribution is 5.92. The van der Waals surface area contributed by atoms with Crippen LogP contribution in [-0.2, 0) is 6.54 Å². The van der Waals surface area contributed by atoms with Crippen molar-refractivity contribution in [2.45, 2.75) is 26.1 Å². The second kappa shape index (κ2) is 9.20. The van der Waals surface area contributed by atoms with E-state index in [0.29, 0.717) is 42.9 Å². The van der Waals surface area contributed by atoms with Gasteiger partial charge in [-0.3, -0.25) is 19.5 Å². The number of aromatic amines is 1. The van der Waals surface area contributed by atoms with E-state index >= 15 is 0 Å². The van der Waals surface area contributed by atoms with Crippen molar-refractivity contribution in [2.24, 2.45) is 5.73 Å². The highest BCUT2D eigenvalue weighted by atomic mass is 19.3. The van der Waals surface area contributed by atoms with Crippen LogP contribution in [0.2, 0.25) is 0 Å². The molecule has 1 atom stereocenters. The molecule has 0 saturated carbocycles. The molecule has 9 nitrogen and oxygen atoms in total. The minimum Gasteiger partial charge on any atom is -0.366 e. The number of nitrogens with one attached hydrogen (secondary N) is 2. The Morgan fingerprint density at radius 2 is 2.09 bits per heavy atom. The molecular weight excluding hydrogens is 432 g/mol. The normalized spacial score (nSPS) is 17.0. The van der Waals surface area contributed by atoms with Gasteiger partial charge in [-0.2, -0.15) is 0 Å². The molecule has 174 valence electrons. The molecule has 4 rings (SSSR count). The van der Waals surface area contributed by atoms with Crippen molar-refractivity contribution in [1.29, 1.82) is 0 Å². The Morgan fingerprint density at radius 1 is 1.30 bits per heavy atom. The molecule has 1 aliphatic heterocycles. The minimum absolute atomic E-state index is 0.191. The van der Waals surface area contributed by atoms with Gasteiger partial charge in [0, 0.05) is 39.4 Å². The van der Waals surface area contributed by atoms with Crippen molar-refractivity contribution >= 4 is 22.6 Å². The van der Waals surface area contributed by atoms with Crippen molar-refractivity contribution in [3.05, 3.63) is 63.3 Å². The van der Waals surface area contributed by atoms with Crippen LogP contribution in [0.3, 0.4) is 0 Å². The van der Waals surface area contributed by atoms with Gasteiger partial charge in [-0.15, -0.1) is 0 Å². The zero-order chi connectivity index (χ0) is 23.7. The third-order valence-corrected chi connectivity index (χ3v) is 5.91. The zero-order valence-electron chi connectivity index (χ0n) is 18.3. The van der Waals surface area contributed by atoms with E-state index in [1.807, 2.05) is 6.07 Å². The van der Waals surface area contributed by atoms with Gasteiger partial charge in [0.25, 0.3) is 17.9 Å². The number of aromatic nitrogens is 3. The van der Waals surface area contributed by atoms with Gasteiger partial charge in [0.2, 0.25) is 0 Å². The molecule has 0 bridgehead atoms. The lowest BCUT2D eigenvalue weighted by Crippen LogP contribution is -2.56. The highest BCUT2D eigenvalue weighted by Gasteiger charge is 2.25. The number of rotatable bonds is 5. The van der Waals surface area contributed by atoms with E-state index < -0.39 is 17.5 Å². The molecule has 0 aromatic carbocycles. The first-order chi connectivity index (χ1) is 15.8. The van der Waals surface area contributed by atoms with Crippen molar-refractivity contribution < 1.29 is 13.6 Å². The molecule has 4 N–H and O–H groups in total. The monoisotopic (exact) mass is 457 g/mol. The fraction of sp³-hybridized carbons (Fsp3) is 0.364. The average molecular weight is 457 g/mol. The number of H-pyrrole nitrogens is 1. The third-order valence-electron chi connectivity index (χ3n) is 5.91. The Kier molecular flexibility index (Phi) is 6.34. The number of alkyl halides is 2. The zero-order valence-corrected chi connectivity index (χ0v) is 18.3. The number of carbonyl (C=O) groups excluding carboxylic acids is 1. The van der Waals surface area contributed by atoms with Gasteiger partial charge in [0.15, 0.2) is 0 Å². The van der Waals surface area contributed by atoms with Crippen molar-refractivity contribution in [1.82, 2.24) is 25.2 Å². The minimum atomic E-state index is -2.86. The summed E-state index contributed by atoms with van der Waals surface area (Å²) in [6.07, 6.45) is 0.162. The number of pyridine rings is 3. The first-order valence-corrected chi connectivity index (χ1v) is 10.5. The summed E-state index contributed by atoms with van der Waals surface area (Å²) in [7, 11) is 1.56. The number of halogens is 2. The summed E-state index contributed by atoms with van der Waals surface area (Å²) in [4.78, 5) is 39.0. The molecule has 33 heavy (non-hydrogen) atoms. The predicted molar refractivity (Wildman–Crippen MR) is 120 cm³/mol. The first-order valence-electron chi connectivity index (χ1n) is 10.5. The van der Waals surface area contributed by atoms with E-state index in [1.165, 1.54) is 6.92 Å². The first kappa shape index (κ1) is 22.7. The van der Waals surface area contributed by atoms with Gasteiger partial charge < -0.3 is 20.9 Å². The number of fused-ring (bicyclic) bond motifs is 1. The lowest BCUT2D eigenvalue weighted by Gasteiger charge is -2.40. The van der Waals surface area contributed by atoms with Gasteiger partial charge >= 0.3 is 0 Å². The molecule has 1 aliphatic rings. The van der Waals surface area contributed by atoms with E-state index in [4.69, 9.17) is 5.73 Å². The largest absolute Gasteiger partial charge is 0.366 e. The van der Waals surface area contributed by atoms with E-state index in [1.54, 1.807) is 31.6 Å². The molecule has 4 heterocycles. The number of aryl methyl sites for hydroxylation is 1. The van der Waals surface area contributed by atoms with Crippen LogP contribution in [0.25, 0.3) is 11.0 Å². The van der Waals surface area contributed by atoms with Crippen LogP contribution in [-0.4, -0.2) is 58.6 Å². The van der Waals surface area contributed by atoms with E-state index in [2.05, 4.69) is 30.1 Å². The lowest BCUT2D eigenvalue weighted by atomic mass is 10.1. The molecular formula is C22H25F2N7O2. The van der Waals surface area contributed by atoms with Gasteiger partial charge in [0.05, 0.1) is 34.6 Å². The summed E-state index contributed by atoms with van der Waals surface area (Å²) in [6.45, 7) is 3.94. The van der Waals surface area contributed by atoms with Gasteiger partial charge in [-0.25, -0.2) is 13.8 Å². The summed E-state index contributed by atoms with van der Waals surface area (Å²) in [6, 6.07) is 5.28. The molecule has 3 aromatic heterocycles. The number of anilines is 1. The number of nitrogens with two attached hydrogens (primary N) is 1. The highest BCUT2D eigenvalue weighted by Crippen LogP contribution is 2.24. The second-order valence-corrected chi connectivity index (χ2v) is 8.00. The number of piperazine rings is 1. The van der Waals surface area contributed by atoms with Crippen LogP contribution in [0.15, 0.2) is 35.4 Å². The topological polar surface area (TPSA) is 120 Å². The third kappa shape index (κ3) is 4.55. The molecule has 0 spiro atoms. The van der Waals surface area contributed by atoms with Gasteiger partial charge in [0.1, 0.15) is 5.69 Å². The molecule has 1 amide bonds. The van der Waals surface area contributed by atoms with Gasteiger partial charge in [-0.05, 0) is 36.2 Å². The van der Waals surface area contributed by atoms with Crippen LogP contribution in [0, 0.1) is 6.92 Å². The van der Waals surface area contributed by atoms with Crippen molar-refractivity contribution in [3.63, 3.8) is 0 Å². The number of hydrogen-bond donors (Lipinski definition) is 3. The van der Waals surface area contributed by atoms with Crippen molar-refractivity contribution in [3.8, 4) is 0 Å². The smallest absolute Gasteiger partial charge is 0.269 e. The standard InChI is InChI=1S/C22H25F2N7O2/c1-12-18(20(23)24)22(33)29-16-7-13(8-28-19(12)16)10-31-6-5-30(11-17(31)25)14-3-4-15(27-9-14)21(32)26-2/h3-4,7-9,17,20H,5-6,10-11,25H2,1-2H3,(H,26,32)(H,29,33)/t17-/m0/s1. The second-order valence-electron chi connectivity index (χ2n) is 8.00. The Labute approximate surface area is 188 Å². The number of nitrogens with zero attached hydrogens (tertiary/aromatic N) is 4. The molecule has 1 saturated heterocycles.